The van der Waals surface area contributed by atoms with Gasteiger partial charge in [-0.25, -0.2) is 0 Å². The van der Waals surface area contributed by atoms with Gasteiger partial charge in [-0.3, -0.25) is 4.18 Å². The van der Waals surface area contributed by atoms with Gasteiger partial charge in [0.15, 0.2) is 0 Å². The van der Waals surface area contributed by atoms with Crippen LogP contribution in [-0.2, 0) is 23.8 Å². The molecule has 0 aliphatic carbocycles. The van der Waals surface area contributed by atoms with Gasteiger partial charge in [0.2, 0.25) is 0 Å². The topological polar surface area (TPSA) is 97.1 Å². The number of aryl methyl sites for hydroxylation is 1. The first-order valence-electron chi connectivity index (χ1n) is 8.58. The van der Waals surface area contributed by atoms with E-state index < -0.39 is 10.1 Å². The highest BCUT2D eigenvalue weighted by molar-refractivity contribution is 7.86. The molecule has 0 saturated carbocycles. The number of rotatable bonds is 12. The van der Waals surface area contributed by atoms with Gasteiger partial charge >= 0.3 is 0 Å². The zero-order valence-electron chi connectivity index (χ0n) is 15.3. The molecule has 0 atom stereocenters. The van der Waals surface area contributed by atoms with Crippen LogP contribution in [0.5, 0.6) is 5.75 Å². The van der Waals surface area contributed by atoms with Gasteiger partial charge in [-0.1, -0.05) is 29.8 Å². The fraction of sp³-hybridized carbons (Fsp3) is 0.368. The molecule has 0 fully saturated rings. The fourth-order valence-corrected chi connectivity index (χ4v) is 3.01. The Balaban J connectivity index is 1.50. The van der Waals surface area contributed by atoms with Crippen LogP contribution in [0.15, 0.2) is 53.4 Å². The van der Waals surface area contributed by atoms with Gasteiger partial charge < -0.3 is 19.9 Å². The van der Waals surface area contributed by atoms with Crippen molar-refractivity contribution in [1.82, 2.24) is 0 Å². The third-order valence-electron chi connectivity index (χ3n) is 3.55. The van der Waals surface area contributed by atoms with Gasteiger partial charge in [0.25, 0.3) is 10.1 Å². The average molecular weight is 395 g/mol. The minimum absolute atomic E-state index is 0.0490. The lowest BCUT2D eigenvalue weighted by atomic mass is 10.2. The summed E-state index contributed by atoms with van der Waals surface area (Å²) in [7, 11) is -3.75. The Hall–Kier alpha value is -2.13. The van der Waals surface area contributed by atoms with E-state index in [4.69, 9.17) is 24.1 Å². The van der Waals surface area contributed by atoms with E-state index in [1.54, 1.807) is 24.3 Å². The first kappa shape index (κ1) is 21.2. The normalized spacial score (nSPS) is 11.4. The molecule has 2 aromatic carbocycles. The maximum absolute atomic E-state index is 12.0. The van der Waals surface area contributed by atoms with E-state index in [9.17, 15) is 8.42 Å². The largest absolute Gasteiger partial charge is 0.489 e. The van der Waals surface area contributed by atoms with E-state index in [1.807, 2.05) is 19.1 Å². The summed E-state index contributed by atoms with van der Waals surface area (Å²) in [6, 6.07) is 13.7. The van der Waals surface area contributed by atoms with Gasteiger partial charge in [0.05, 0.1) is 43.6 Å². The zero-order chi connectivity index (χ0) is 19.5. The molecule has 7 nitrogen and oxygen atoms in total. The van der Waals surface area contributed by atoms with Crippen molar-refractivity contribution in [3.05, 3.63) is 54.1 Å². The minimum Gasteiger partial charge on any atom is -0.489 e. The van der Waals surface area contributed by atoms with Crippen molar-refractivity contribution < 1.29 is 26.8 Å². The highest BCUT2D eigenvalue weighted by Crippen LogP contribution is 2.19. The maximum Gasteiger partial charge on any atom is 0.297 e. The van der Waals surface area contributed by atoms with E-state index in [-0.39, 0.29) is 18.1 Å². The number of nitrogens with two attached hydrogens (primary N) is 1. The van der Waals surface area contributed by atoms with Crippen LogP contribution in [0, 0.1) is 6.92 Å². The second-order valence-electron chi connectivity index (χ2n) is 5.70. The van der Waals surface area contributed by atoms with Crippen molar-refractivity contribution >= 4 is 15.8 Å². The molecule has 0 aromatic heterocycles. The Morgan fingerprint density at radius 1 is 0.815 bits per heavy atom. The SMILES string of the molecule is Cc1ccc(S(=O)(=O)OCCOCCOCCOc2ccccc2N)cc1. The lowest BCUT2D eigenvalue weighted by Crippen LogP contribution is -2.15. The van der Waals surface area contributed by atoms with Crippen LogP contribution in [-0.4, -0.2) is 48.1 Å². The molecule has 27 heavy (non-hydrogen) atoms. The number of benzene rings is 2. The summed E-state index contributed by atoms with van der Waals surface area (Å²) in [5.74, 6) is 0.629. The molecule has 0 aliphatic heterocycles. The van der Waals surface area contributed by atoms with Crippen LogP contribution in [0.4, 0.5) is 5.69 Å². The molecule has 0 spiro atoms. The molecule has 2 rings (SSSR count). The van der Waals surface area contributed by atoms with Crippen molar-refractivity contribution in [3.63, 3.8) is 0 Å². The number of ether oxygens (including phenoxy) is 3. The molecule has 0 unspecified atom stereocenters. The summed E-state index contributed by atoms with van der Waals surface area (Å²) in [4.78, 5) is 0.135. The Morgan fingerprint density at radius 3 is 2.07 bits per heavy atom. The minimum atomic E-state index is -3.75. The monoisotopic (exact) mass is 395 g/mol. The van der Waals surface area contributed by atoms with E-state index in [1.165, 1.54) is 12.1 Å². The van der Waals surface area contributed by atoms with Crippen molar-refractivity contribution in [2.45, 2.75) is 11.8 Å². The maximum atomic E-state index is 12.0. The highest BCUT2D eigenvalue weighted by Gasteiger charge is 2.14. The standard InChI is InChI=1S/C19H25NO6S/c1-16-6-8-17(9-7-16)27(21,22)26-15-13-24-11-10-23-12-14-25-19-5-3-2-4-18(19)20/h2-9H,10-15,20H2,1H3. The molecule has 8 heteroatoms. The number of hydrogen-bond donors (Lipinski definition) is 1. The van der Waals surface area contributed by atoms with E-state index in [2.05, 4.69) is 0 Å². The Kier molecular flexibility index (Phi) is 8.53. The molecular weight excluding hydrogens is 370 g/mol. The smallest absolute Gasteiger partial charge is 0.297 e. The number of anilines is 1. The number of nitrogen functional groups attached to an aromatic ring is 1. The van der Waals surface area contributed by atoms with Gasteiger partial charge in [0, 0.05) is 0 Å². The molecule has 2 aromatic rings. The summed E-state index contributed by atoms with van der Waals surface area (Å²) < 4.78 is 45.0. The van der Waals surface area contributed by atoms with E-state index in [0.717, 1.165) is 5.56 Å². The highest BCUT2D eigenvalue weighted by atomic mass is 32.2. The van der Waals surface area contributed by atoms with E-state index >= 15 is 0 Å². The Bertz CT molecular complexity index is 792. The summed E-state index contributed by atoms with van der Waals surface area (Å²) in [5.41, 5.74) is 7.33. The molecule has 0 radical (unpaired) electrons. The van der Waals surface area contributed by atoms with Crippen molar-refractivity contribution in [1.29, 1.82) is 0 Å². The summed E-state index contributed by atoms with van der Waals surface area (Å²) in [6.45, 7) is 3.48. The fourth-order valence-electron chi connectivity index (χ4n) is 2.12. The number of hydrogen-bond acceptors (Lipinski definition) is 7. The molecule has 0 amide bonds. The molecule has 0 aliphatic rings. The summed E-state index contributed by atoms with van der Waals surface area (Å²) >= 11 is 0. The predicted octanol–water partition coefficient (Wildman–Crippen LogP) is 2.39. The van der Waals surface area contributed by atoms with Crippen LogP contribution < -0.4 is 10.5 Å². The molecule has 0 heterocycles. The predicted molar refractivity (Wildman–Crippen MR) is 102 cm³/mol. The van der Waals surface area contributed by atoms with Crippen LogP contribution in [0.2, 0.25) is 0 Å². The molecule has 0 bridgehead atoms. The van der Waals surface area contributed by atoms with Gasteiger partial charge in [-0.2, -0.15) is 8.42 Å². The summed E-state index contributed by atoms with van der Waals surface area (Å²) in [5, 5.41) is 0. The zero-order valence-corrected chi connectivity index (χ0v) is 16.1. The van der Waals surface area contributed by atoms with Crippen molar-refractivity contribution in [3.8, 4) is 5.75 Å². The second kappa shape index (κ2) is 10.9. The molecule has 148 valence electrons. The third kappa shape index (κ3) is 7.56. The van der Waals surface area contributed by atoms with Crippen LogP contribution in [0.3, 0.4) is 0 Å². The van der Waals surface area contributed by atoms with Crippen LogP contribution >= 0.6 is 0 Å². The number of para-hydroxylation sites is 2. The van der Waals surface area contributed by atoms with Crippen LogP contribution in [0.1, 0.15) is 5.56 Å². The van der Waals surface area contributed by atoms with Gasteiger partial charge in [-0.15, -0.1) is 0 Å². The molecular formula is C19H25NO6S. The van der Waals surface area contributed by atoms with Gasteiger partial charge in [0.1, 0.15) is 12.4 Å². The quantitative estimate of drug-likeness (QED) is 0.335. The second-order valence-corrected chi connectivity index (χ2v) is 7.32. The molecule has 0 saturated heterocycles. The Morgan fingerprint density at radius 2 is 1.41 bits per heavy atom. The first-order chi connectivity index (χ1) is 13.0. The van der Waals surface area contributed by atoms with Crippen LogP contribution in [0.25, 0.3) is 0 Å². The first-order valence-corrected chi connectivity index (χ1v) is 9.99. The van der Waals surface area contributed by atoms with Crippen molar-refractivity contribution in [2.75, 3.05) is 45.4 Å². The average Bonchev–Trinajstić information content (AvgIpc) is 2.65. The Labute approximate surface area is 160 Å². The van der Waals surface area contributed by atoms with E-state index in [0.29, 0.717) is 37.9 Å². The van der Waals surface area contributed by atoms with Gasteiger partial charge in [-0.05, 0) is 31.2 Å². The lowest BCUT2D eigenvalue weighted by molar-refractivity contribution is 0.0280. The third-order valence-corrected chi connectivity index (χ3v) is 4.88. The summed E-state index contributed by atoms with van der Waals surface area (Å²) in [6.07, 6.45) is 0. The lowest BCUT2D eigenvalue weighted by Gasteiger charge is -2.09. The van der Waals surface area contributed by atoms with Crippen molar-refractivity contribution in [2.24, 2.45) is 0 Å². The molecule has 2 N–H and O–H groups in total.